The van der Waals surface area contributed by atoms with Crippen LogP contribution in [0.25, 0.3) is 10.4 Å². The summed E-state index contributed by atoms with van der Waals surface area (Å²) in [6.07, 6.45) is -1.48. The van der Waals surface area contributed by atoms with E-state index in [9.17, 15) is 4.79 Å². The number of hydrogen-bond acceptors (Lipinski definition) is 5. The van der Waals surface area contributed by atoms with Crippen LogP contribution in [0.4, 0.5) is 0 Å². The molecule has 0 N–H and O–H groups in total. The van der Waals surface area contributed by atoms with E-state index in [0.29, 0.717) is 5.56 Å². The first-order chi connectivity index (χ1) is 11.1. The minimum atomic E-state index is -0.687. The summed E-state index contributed by atoms with van der Waals surface area (Å²) in [5.41, 5.74) is 8.96. The monoisotopic (exact) mass is 319 g/mol. The lowest BCUT2D eigenvalue weighted by atomic mass is 9.83. The van der Waals surface area contributed by atoms with Gasteiger partial charge in [-0.2, -0.15) is 0 Å². The number of methoxy groups -OCH3 is 1. The van der Waals surface area contributed by atoms with E-state index in [1.807, 2.05) is 19.9 Å². The number of carbonyl (C=O) groups is 1. The van der Waals surface area contributed by atoms with Gasteiger partial charge >= 0.3 is 5.97 Å². The van der Waals surface area contributed by atoms with Crippen molar-refractivity contribution in [2.75, 3.05) is 13.7 Å². The van der Waals surface area contributed by atoms with E-state index in [4.69, 9.17) is 19.7 Å². The quantitative estimate of drug-likeness (QED) is 0.360. The number of benzene rings is 1. The van der Waals surface area contributed by atoms with E-state index in [1.165, 1.54) is 7.11 Å². The molecule has 7 nitrogen and oxygen atoms in total. The molecular weight excluding hydrogens is 298 g/mol. The van der Waals surface area contributed by atoms with Gasteiger partial charge in [-0.05, 0) is 23.6 Å². The molecule has 1 aliphatic rings. The molecule has 23 heavy (non-hydrogen) atoms. The van der Waals surface area contributed by atoms with Crippen LogP contribution in [0.5, 0.6) is 0 Å². The minimum absolute atomic E-state index is 0.000236. The third-order valence-corrected chi connectivity index (χ3v) is 4.32. The second-order valence-corrected chi connectivity index (χ2v) is 5.65. The molecule has 0 amide bonds. The maximum atomic E-state index is 12.3. The molecular formula is C16H21N3O4. The Morgan fingerprint density at radius 2 is 2.00 bits per heavy atom. The average Bonchev–Trinajstić information content (AvgIpc) is 2.59. The molecule has 0 bridgehead atoms. The summed E-state index contributed by atoms with van der Waals surface area (Å²) in [5, 5.41) is 3.57. The largest absolute Gasteiger partial charge is 0.453 e. The van der Waals surface area contributed by atoms with Crippen molar-refractivity contribution in [1.82, 2.24) is 0 Å². The van der Waals surface area contributed by atoms with Crippen molar-refractivity contribution >= 4 is 5.97 Å². The summed E-state index contributed by atoms with van der Waals surface area (Å²) in [6, 6.07) is 8.80. The summed E-state index contributed by atoms with van der Waals surface area (Å²) in [7, 11) is 1.50. The molecule has 2 unspecified atom stereocenters. The van der Waals surface area contributed by atoms with Gasteiger partial charge in [-0.25, -0.2) is 4.79 Å². The van der Waals surface area contributed by atoms with Gasteiger partial charge in [0.25, 0.3) is 0 Å². The predicted molar refractivity (Wildman–Crippen MR) is 83.7 cm³/mol. The summed E-state index contributed by atoms with van der Waals surface area (Å²) in [4.78, 5) is 15.0. The van der Waals surface area contributed by atoms with Gasteiger partial charge in [0.05, 0.1) is 18.2 Å². The van der Waals surface area contributed by atoms with Crippen LogP contribution < -0.4 is 0 Å². The zero-order valence-corrected chi connectivity index (χ0v) is 13.5. The molecule has 1 aliphatic heterocycles. The van der Waals surface area contributed by atoms with E-state index in [2.05, 4.69) is 10.0 Å². The third kappa shape index (κ3) is 4.01. The Labute approximate surface area is 135 Å². The van der Waals surface area contributed by atoms with Gasteiger partial charge < -0.3 is 14.2 Å². The van der Waals surface area contributed by atoms with Gasteiger partial charge in [0.15, 0.2) is 12.4 Å². The van der Waals surface area contributed by atoms with Crippen molar-refractivity contribution in [3.8, 4) is 0 Å². The van der Waals surface area contributed by atoms with Crippen LogP contribution in [0.3, 0.4) is 0 Å². The molecule has 1 heterocycles. The van der Waals surface area contributed by atoms with Crippen LogP contribution in [0, 0.1) is 11.8 Å². The van der Waals surface area contributed by atoms with E-state index >= 15 is 0 Å². The smallest absolute Gasteiger partial charge is 0.338 e. The molecule has 0 aliphatic carbocycles. The van der Waals surface area contributed by atoms with Crippen molar-refractivity contribution in [2.24, 2.45) is 17.0 Å². The van der Waals surface area contributed by atoms with Crippen LogP contribution >= 0.6 is 0 Å². The Balaban J connectivity index is 2.11. The molecule has 2 rings (SSSR count). The fourth-order valence-corrected chi connectivity index (χ4v) is 2.70. The molecule has 0 aromatic heterocycles. The highest BCUT2D eigenvalue weighted by atomic mass is 16.7. The first-order valence-electron chi connectivity index (χ1n) is 7.53. The summed E-state index contributed by atoms with van der Waals surface area (Å²) < 4.78 is 16.8. The van der Waals surface area contributed by atoms with Crippen LogP contribution in [0.1, 0.15) is 24.2 Å². The van der Waals surface area contributed by atoms with Crippen LogP contribution in [0.15, 0.2) is 35.4 Å². The van der Waals surface area contributed by atoms with Crippen molar-refractivity contribution < 1.29 is 19.0 Å². The summed E-state index contributed by atoms with van der Waals surface area (Å²) in [5.74, 6) is -0.352. The van der Waals surface area contributed by atoms with E-state index < -0.39 is 18.4 Å². The lowest BCUT2D eigenvalue weighted by molar-refractivity contribution is -0.257. The molecule has 124 valence electrons. The SMILES string of the molecule is CO[C@H]1OC(CN=[N+]=[N-])[C@@H](C)[C@H](C)C1OC(=O)c1ccccc1. The lowest BCUT2D eigenvalue weighted by Crippen LogP contribution is -2.52. The second-order valence-electron chi connectivity index (χ2n) is 5.65. The lowest BCUT2D eigenvalue weighted by Gasteiger charge is -2.43. The maximum Gasteiger partial charge on any atom is 0.338 e. The molecule has 1 fully saturated rings. The Bertz CT molecular complexity index is 572. The fraction of sp³-hybridized carbons (Fsp3) is 0.562. The number of carbonyl (C=O) groups excluding carboxylic acids is 1. The van der Waals surface area contributed by atoms with Gasteiger partial charge in [0.2, 0.25) is 0 Å². The van der Waals surface area contributed by atoms with Gasteiger partial charge in [0, 0.05) is 17.9 Å². The first kappa shape index (κ1) is 17.3. The number of ether oxygens (including phenoxy) is 3. The predicted octanol–water partition coefficient (Wildman–Crippen LogP) is 3.17. The van der Waals surface area contributed by atoms with E-state index in [0.717, 1.165) is 0 Å². The van der Waals surface area contributed by atoms with Gasteiger partial charge in [-0.15, -0.1) is 0 Å². The van der Waals surface area contributed by atoms with Crippen molar-refractivity contribution in [3.63, 3.8) is 0 Å². The zero-order valence-electron chi connectivity index (χ0n) is 13.5. The number of nitrogens with zero attached hydrogens (tertiary/aromatic N) is 3. The van der Waals surface area contributed by atoms with Crippen molar-refractivity contribution in [1.29, 1.82) is 0 Å². The van der Waals surface area contributed by atoms with Crippen LogP contribution in [0.2, 0.25) is 0 Å². The minimum Gasteiger partial charge on any atom is -0.453 e. The zero-order chi connectivity index (χ0) is 16.8. The first-order valence-corrected chi connectivity index (χ1v) is 7.53. The second kappa shape index (κ2) is 7.97. The average molecular weight is 319 g/mol. The highest BCUT2D eigenvalue weighted by molar-refractivity contribution is 5.89. The number of esters is 1. The highest BCUT2D eigenvalue weighted by Gasteiger charge is 2.43. The Hall–Kier alpha value is -2.08. The maximum absolute atomic E-state index is 12.3. The molecule has 0 radical (unpaired) electrons. The molecule has 5 atom stereocenters. The summed E-state index contributed by atoms with van der Waals surface area (Å²) >= 11 is 0. The Morgan fingerprint density at radius 3 is 2.61 bits per heavy atom. The van der Waals surface area contributed by atoms with Crippen LogP contribution in [-0.4, -0.2) is 38.1 Å². The Morgan fingerprint density at radius 1 is 1.30 bits per heavy atom. The van der Waals surface area contributed by atoms with Crippen molar-refractivity contribution in [2.45, 2.75) is 32.3 Å². The van der Waals surface area contributed by atoms with Gasteiger partial charge in [0.1, 0.15) is 0 Å². The van der Waals surface area contributed by atoms with E-state index in [1.54, 1.807) is 24.3 Å². The molecule has 7 heteroatoms. The molecule has 1 saturated heterocycles. The molecule has 0 spiro atoms. The van der Waals surface area contributed by atoms with Gasteiger partial charge in [-0.3, -0.25) is 0 Å². The fourth-order valence-electron chi connectivity index (χ4n) is 2.70. The third-order valence-electron chi connectivity index (χ3n) is 4.32. The Kier molecular flexibility index (Phi) is 5.98. The molecule has 1 aromatic rings. The summed E-state index contributed by atoms with van der Waals surface area (Å²) in [6.45, 7) is 4.18. The number of hydrogen-bond donors (Lipinski definition) is 0. The highest BCUT2D eigenvalue weighted by Crippen LogP contribution is 2.33. The van der Waals surface area contributed by atoms with Crippen molar-refractivity contribution in [3.05, 3.63) is 46.3 Å². The number of rotatable bonds is 5. The van der Waals surface area contributed by atoms with Gasteiger partial charge in [-0.1, -0.05) is 37.2 Å². The normalized spacial score (nSPS) is 30.3. The molecule has 0 saturated carbocycles. The van der Waals surface area contributed by atoms with E-state index in [-0.39, 0.29) is 24.5 Å². The van der Waals surface area contributed by atoms with Crippen LogP contribution in [-0.2, 0) is 14.2 Å². The standard InChI is InChI=1S/C16H21N3O4/c1-10-11(2)14(16(21-3)22-13(10)9-18-19-17)23-15(20)12-7-5-4-6-8-12/h4-8,10-11,13-14,16H,9H2,1-3H3/t10-,11-,13?,14?,16-/m0/s1. The molecule has 1 aromatic carbocycles. The number of azide groups is 1. The topological polar surface area (TPSA) is 93.5 Å².